The minimum Gasteiger partial charge on any atom is -0.452 e. The lowest BCUT2D eigenvalue weighted by Crippen LogP contribution is -2.23. The van der Waals surface area contributed by atoms with Gasteiger partial charge in [-0.2, -0.15) is 0 Å². The molecule has 1 aliphatic rings. The van der Waals surface area contributed by atoms with Gasteiger partial charge in [0.1, 0.15) is 11.4 Å². The van der Waals surface area contributed by atoms with Crippen molar-refractivity contribution in [3.8, 4) is 0 Å². The van der Waals surface area contributed by atoms with Crippen LogP contribution < -0.4 is 5.32 Å². The lowest BCUT2D eigenvalue weighted by atomic mass is 10.2. The van der Waals surface area contributed by atoms with E-state index in [4.69, 9.17) is 4.42 Å². The molecule has 0 bridgehead atoms. The molecule has 26 heavy (non-hydrogen) atoms. The van der Waals surface area contributed by atoms with Crippen LogP contribution in [-0.4, -0.2) is 22.1 Å². The van der Waals surface area contributed by atoms with Crippen molar-refractivity contribution >= 4 is 17.9 Å². The van der Waals surface area contributed by atoms with Crippen LogP contribution >= 0.6 is 0 Å². The number of furan rings is 1. The molecule has 0 atom stereocenters. The monoisotopic (exact) mass is 346 g/mol. The Morgan fingerprint density at radius 1 is 1.12 bits per heavy atom. The third-order valence-electron chi connectivity index (χ3n) is 4.15. The van der Waals surface area contributed by atoms with Gasteiger partial charge < -0.3 is 14.6 Å². The van der Waals surface area contributed by atoms with Gasteiger partial charge in [0, 0.05) is 31.5 Å². The molecule has 0 radical (unpaired) electrons. The summed E-state index contributed by atoms with van der Waals surface area (Å²) in [7, 11) is 0. The molecular weight excluding hydrogens is 328 g/mol. The summed E-state index contributed by atoms with van der Waals surface area (Å²) in [6, 6.07) is 15.6. The molecule has 0 saturated heterocycles. The van der Waals surface area contributed by atoms with Crippen LogP contribution in [0.15, 0.2) is 70.3 Å². The van der Waals surface area contributed by atoms with Crippen molar-refractivity contribution in [1.29, 1.82) is 0 Å². The Kier molecular flexibility index (Phi) is 4.47. The molecule has 6 heteroatoms. The van der Waals surface area contributed by atoms with E-state index in [1.54, 1.807) is 24.8 Å². The highest BCUT2D eigenvalue weighted by atomic mass is 16.4. The van der Waals surface area contributed by atoms with Gasteiger partial charge in [-0.05, 0) is 23.3 Å². The number of nitrogens with zero attached hydrogens (tertiary/aromatic N) is 3. The zero-order chi connectivity index (χ0) is 17.8. The summed E-state index contributed by atoms with van der Waals surface area (Å²) in [5, 5.41) is 2.85. The van der Waals surface area contributed by atoms with Crippen LogP contribution in [0.1, 0.15) is 27.4 Å². The zero-order valence-electron chi connectivity index (χ0n) is 14.1. The Bertz CT molecular complexity index is 919. The lowest BCUT2D eigenvalue weighted by Gasteiger charge is -2.21. The van der Waals surface area contributed by atoms with Gasteiger partial charge in [-0.3, -0.25) is 9.78 Å². The summed E-state index contributed by atoms with van der Waals surface area (Å²) >= 11 is 0. The molecule has 0 saturated carbocycles. The summed E-state index contributed by atoms with van der Waals surface area (Å²) in [6.45, 7) is 1.76. The number of nitrogens with one attached hydrogen (secondary N) is 1. The van der Waals surface area contributed by atoms with Crippen LogP contribution in [-0.2, 0) is 19.6 Å². The third-order valence-corrected chi connectivity index (χ3v) is 4.15. The van der Waals surface area contributed by atoms with Crippen molar-refractivity contribution in [1.82, 2.24) is 15.2 Å². The van der Waals surface area contributed by atoms with Crippen LogP contribution in [0.5, 0.6) is 0 Å². The number of carbonyl (C=O) groups is 1. The van der Waals surface area contributed by atoms with Gasteiger partial charge >= 0.3 is 0 Å². The van der Waals surface area contributed by atoms with Crippen LogP contribution in [0.3, 0.4) is 0 Å². The summed E-state index contributed by atoms with van der Waals surface area (Å²) in [5.41, 5.74) is 2.89. The molecule has 0 unspecified atom stereocenters. The SMILES string of the molecule is O=C(NCc1ccncc1)c1cc2c(o1)CN(Cc1ccccc1)C=N2. The van der Waals surface area contributed by atoms with Crippen LogP contribution in [0.25, 0.3) is 0 Å². The minimum absolute atomic E-state index is 0.249. The molecule has 0 fully saturated rings. The van der Waals surface area contributed by atoms with E-state index < -0.39 is 0 Å². The highest BCUT2D eigenvalue weighted by Gasteiger charge is 2.20. The van der Waals surface area contributed by atoms with Gasteiger partial charge in [-0.25, -0.2) is 4.99 Å². The van der Waals surface area contributed by atoms with E-state index in [9.17, 15) is 4.79 Å². The Labute approximate surface area is 151 Å². The molecule has 1 amide bonds. The van der Waals surface area contributed by atoms with E-state index in [1.807, 2.05) is 30.3 Å². The van der Waals surface area contributed by atoms with Crippen molar-refractivity contribution in [2.24, 2.45) is 4.99 Å². The zero-order valence-corrected chi connectivity index (χ0v) is 14.1. The Morgan fingerprint density at radius 2 is 1.92 bits per heavy atom. The first-order valence-electron chi connectivity index (χ1n) is 8.40. The van der Waals surface area contributed by atoms with E-state index in [-0.39, 0.29) is 11.7 Å². The van der Waals surface area contributed by atoms with Gasteiger partial charge in [0.2, 0.25) is 0 Å². The minimum atomic E-state index is -0.249. The summed E-state index contributed by atoms with van der Waals surface area (Å²) < 4.78 is 5.74. The van der Waals surface area contributed by atoms with Crippen molar-refractivity contribution < 1.29 is 9.21 Å². The second-order valence-electron chi connectivity index (χ2n) is 6.09. The molecule has 2 aromatic heterocycles. The smallest absolute Gasteiger partial charge is 0.287 e. The fourth-order valence-corrected chi connectivity index (χ4v) is 2.81. The van der Waals surface area contributed by atoms with Gasteiger partial charge in [0.15, 0.2) is 5.76 Å². The molecule has 0 spiro atoms. The number of pyridine rings is 1. The first kappa shape index (κ1) is 16.1. The molecule has 3 aromatic rings. The first-order valence-corrected chi connectivity index (χ1v) is 8.40. The van der Waals surface area contributed by atoms with Crippen LogP contribution in [0.2, 0.25) is 0 Å². The third kappa shape index (κ3) is 3.64. The predicted octanol–water partition coefficient (Wildman–Crippen LogP) is 3.28. The lowest BCUT2D eigenvalue weighted by molar-refractivity contribution is 0.0920. The van der Waals surface area contributed by atoms with E-state index in [0.717, 1.165) is 12.1 Å². The van der Waals surface area contributed by atoms with Crippen molar-refractivity contribution in [3.63, 3.8) is 0 Å². The number of hydrogen-bond donors (Lipinski definition) is 1. The number of hydrogen-bond acceptors (Lipinski definition) is 5. The van der Waals surface area contributed by atoms with Gasteiger partial charge in [0.25, 0.3) is 5.91 Å². The molecule has 0 aliphatic carbocycles. The highest BCUT2D eigenvalue weighted by molar-refractivity contribution is 5.92. The van der Waals surface area contributed by atoms with E-state index in [1.165, 1.54) is 5.56 Å². The normalized spacial score (nSPS) is 12.7. The molecule has 6 nitrogen and oxygen atoms in total. The molecule has 4 rings (SSSR count). The summed E-state index contributed by atoms with van der Waals surface area (Å²) in [5.74, 6) is 0.737. The fourth-order valence-electron chi connectivity index (χ4n) is 2.81. The van der Waals surface area contributed by atoms with Crippen LogP contribution in [0, 0.1) is 0 Å². The van der Waals surface area contributed by atoms with Gasteiger partial charge in [-0.1, -0.05) is 30.3 Å². The van der Waals surface area contributed by atoms with E-state index in [2.05, 4.69) is 32.3 Å². The molecule has 1 aliphatic heterocycles. The van der Waals surface area contributed by atoms with Crippen molar-refractivity contribution in [3.05, 3.63) is 83.6 Å². The largest absolute Gasteiger partial charge is 0.452 e. The van der Waals surface area contributed by atoms with Crippen molar-refractivity contribution in [2.45, 2.75) is 19.6 Å². The number of aliphatic imine (C=N–C) groups is 1. The van der Waals surface area contributed by atoms with E-state index >= 15 is 0 Å². The second-order valence-corrected chi connectivity index (χ2v) is 6.09. The highest BCUT2D eigenvalue weighted by Crippen LogP contribution is 2.28. The summed E-state index contributed by atoms with van der Waals surface area (Å²) in [6.07, 6.45) is 5.19. The number of fused-ring (bicyclic) bond motifs is 1. The Morgan fingerprint density at radius 3 is 2.73 bits per heavy atom. The Hall–Kier alpha value is -3.41. The second kappa shape index (κ2) is 7.23. The number of aromatic nitrogens is 1. The maximum Gasteiger partial charge on any atom is 0.287 e. The molecule has 1 N–H and O–H groups in total. The summed E-state index contributed by atoms with van der Waals surface area (Å²) in [4.78, 5) is 22.7. The van der Waals surface area contributed by atoms with E-state index in [0.29, 0.717) is 24.5 Å². The Balaban J connectivity index is 1.40. The average molecular weight is 346 g/mol. The number of rotatable bonds is 5. The molecular formula is C20H18N4O2. The van der Waals surface area contributed by atoms with Gasteiger partial charge in [-0.15, -0.1) is 0 Å². The number of benzene rings is 1. The number of amides is 1. The quantitative estimate of drug-likeness (QED) is 0.770. The predicted molar refractivity (Wildman–Crippen MR) is 98.0 cm³/mol. The number of carbonyl (C=O) groups excluding carboxylic acids is 1. The topological polar surface area (TPSA) is 70.7 Å². The first-order chi connectivity index (χ1) is 12.8. The van der Waals surface area contributed by atoms with Gasteiger partial charge in [0.05, 0.1) is 12.9 Å². The molecule has 130 valence electrons. The maximum absolute atomic E-state index is 12.3. The fraction of sp³-hybridized carbons (Fsp3) is 0.150. The average Bonchev–Trinajstić information content (AvgIpc) is 3.11. The molecule has 3 heterocycles. The standard InChI is InChI=1S/C20H18N4O2/c25-20(22-11-15-6-8-21-9-7-15)18-10-17-19(26-18)13-24(14-23-17)12-16-4-2-1-3-5-16/h1-10,14H,11-13H2,(H,22,25). The molecule has 1 aromatic carbocycles. The van der Waals surface area contributed by atoms with Crippen molar-refractivity contribution in [2.75, 3.05) is 0 Å². The maximum atomic E-state index is 12.3. The van der Waals surface area contributed by atoms with Crippen LogP contribution in [0.4, 0.5) is 5.69 Å².